The minimum Gasteiger partial charge on any atom is -0.381 e. The Kier molecular flexibility index (Phi) is 2.87. The van der Waals surface area contributed by atoms with Gasteiger partial charge in [-0.15, -0.1) is 0 Å². The molecular weight excluding hydrogens is 170 g/mol. The predicted octanol–water partition coefficient (Wildman–Crippen LogP) is -0.534. The molecule has 1 rings (SSSR count). The van der Waals surface area contributed by atoms with Crippen LogP contribution in [0.1, 0.15) is 13.3 Å². The molecule has 5 heteroatoms. The highest BCUT2D eigenvalue weighted by atomic mass is 16.3. The molecule has 0 aliphatic carbocycles. The highest BCUT2D eigenvalue weighted by molar-refractivity contribution is 6.00. The van der Waals surface area contributed by atoms with E-state index in [0.29, 0.717) is 6.54 Å². The second-order valence-electron chi connectivity index (χ2n) is 3.21. The normalized spacial score (nSPS) is 24.1. The Morgan fingerprint density at radius 3 is 2.85 bits per heavy atom. The van der Waals surface area contributed by atoms with E-state index in [0.717, 1.165) is 6.42 Å². The minimum atomic E-state index is -0.981. The standard InChI is InChI=1S/C8H15N3O2/c1-3-4-11-7(13)6(12)5-10(2)8(11)9/h6,9,12H,3-5H2,1-2H3. The molecule has 2 N–H and O–H groups in total. The highest BCUT2D eigenvalue weighted by Crippen LogP contribution is 2.08. The molecule has 1 amide bonds. The number of nitrogens with zero attached hydrogens (tertiary/aromatic N) is 2. The Morgan fingerprint density at radius 1 is 1.69 bits per heavy atom. The van der Waals surface area contributed by atoms with Crippen molar-refractivity contribution < 1.29 is 9.90 Å². The number of nitrogens with one attached hydrogen (secondary N) is 1. The molecule has 13 heavy (non-hydrogen) atoms. The van der Waals surface area contributed by atoms with Crippen molar-refractivity contribution >= 4 is 11.9 Å². The van der Waals surface area contributed by atoms with E-state index in [9.17, 15) is 9.90 Å². The molecule has 1 saturated heterocycles. The van der Waals surface area contributed by atoms with E-state index in [4.69, 9.17) is 5.41 Å². The monoisotopic (exact) mass is 185 g/mol. The molecule has 1 fully saturated rings. The molecule has 0 spiro atoms. The maximum absolute atomic E-state index is 11.4. The molecule has 74 valence electrons. The van der Waals surface area contributed by atoms with Crippen molar-refractivity contribution in [3.63, 3.8) is 0 Å². The number of aliphatic hydroxyl groups excluding tert-OH is 1. The van der Waals surface area contributed by atoms with Crippen LogP contribution >= 0.6 is 0 Å². The van der Waals surface area contributed by atoms with Crippen molar-refractivity contribution in [2.75, 3.05) is 20.1 Å². The van der Waals surface area contributed by atoms with Crippen LogP contribution < -0.4 is 0 Å². The summed E-state index contributed by atoms with van der Waals surface area (Å²) in [6, 6.07) is 0. The summed E-state index contributed by atoms with van der Waals surface area (Å²) >= 11 is 0. The number of likely N-dealkylation sites (N-methyl/N-ethyl adjacent to an activating group) is 1. The number of carbonyl (C=O) groups excluding carboxylic acids is 1. The molecule has 0 bridgehead atoms. The van der Waals surface area contributed by atoms with Crippen LogP contribution in [-0.2, 0) is 4.79 Å². The average Bonchev–Trinajstić information content (AvgIpc) is 2.09. The molecule has 0 saturated carbocycles. The van der Waals surface area contributed by atoms with Gasteiger partial charge in [0.05, 0.1) is 6.54 Å². The first-order valence-corrected chi connectivity index (χ1v) is 4.37. The van der Waals surface area contributed by atoms with E-state index in [1.165, 1.54) is 4.90 Å². The lowest BCUT2D eigenvalue weighted by Crippen LogP contribution is -2.58. The number of aliphatic hydroxyl groups is 1. The third-order valence-electron chi connectivity index (χ3n) is 2.06. The zero-order chi connectivity index (χ0) is 10.0. The maximum Gasteiger partial charge on any atom is 0.259 e. The highest BCUT2D eigenvalue weighted by Gasteiger charge is 2.33. The van der Waals surface area contributed by atoms with E-state index in [2.05, 4.69) is 0 Å². The summed E-state index contributed by atoms with van der Waals surface area (Å²) in [6.45, 7) is 2.65. The molecule has 5 nitrogen and oxygen atoms in total. The third-order valence-corrected chi connectivity index (χ3v) is 2.06. The number of β-amino-alcohol motifs (C(OH)–C–C–N with tert-alkyl or cyclic N) is 1. The Balaban J connectivity index is 2.76. The van der Waals surface area contributed by atoms with Gasteiger partial charge in [0, 0.05) is 13.6 Å². The third kappa shape index (κ3) is 1.80. The number of rotatable bonds is 2. The fourth-order valence-corrected chi connectivity index (χ4v) is 1.35. The molecule has 0 aromatic carbocycles. The molecular formula is C8H15N3O2. The lowest BCUT2D eigenvalue weighted by atomic mass is 10.2. The van der Waals surface area contributed by atoms with Crippen LogP contribution in [0.3, 0.4) is 0 Å². The molecule has 1 heterocycles. The van der Waals surface area contributed by atoms with E-state index in [1.54, 1.807) is 11.9 Å². The van der Waals surface area contributed by atoms with Gasteiger partial charge in [0.2, 0.25) is 0 Å². The fraction of sp³-hybridized carbons (Fsp3) is 0.750. The molecule has 1 aliphatic rings. The predicted molar refractivity (Wildman–Crippen MR) is 48.4 cm³/mol. The van der Waals surface area contributed by atoms with Gasteiger partial charge in [0.1, 0.15) is 0 Å². The molecule has 1 aliphatic heterocycles. The van der Waals surface area contributed by atoms with Crippen LogP contribution in [0.4, 0.5) is 0 Å². The number of carbonyl (C=O) groups is 1. The zero-order valence-corrected chi connectivity index (χ0v) is 7.95. The SMILES string of the molecule is CCCN1C(=N)N(C)CC(O)C1=O. The molecule has 1 unspecified atom stereocenters. The van der Waals surface area contributed by atoms with E-state index in [1.807, 2.05) is 6.92 Å². The zero-order valence-electron chi connectivity index (χ0n) is 7.95. The second kappa shape index (κ2) is 3.74. The van der Waals surface area contributed by atoms with E-state index < -0.39 is 6.10 Å². The quantitative estimate of drug-likeness (QED) is 0.607. The van der Waals surface area contributed by atoms with Crippen molar-refractivity contribution in [3.8, 4) is 0 Å². The van der Waals surface area contributed by atoms with Gasteiger partial charge in [-0.05, 0) is 6.42 Å². The van der Waals surface area contributed by atoms with E-state index >= 15 is 0 Å². The summed E-state index contributed by atoms with van der Waals surface area (Å²) in [7, 11) is 1.70. The van der Waals surface area contributed by atoms with Crippen LogP contribution in [0.5, 0.6) is 0 Å². The fourth-order valence-electron chi connectivity index (χ4n) is 1.35. The minimum absolute atomic E-state index is 0.178. The smallest absolute Gasteiger partial charge is 0.259 e. The largest absolute Gasteiger partial charge is 0.381 e. The van der Waals surface area contributed by atoms with Crippen LogP contribution in [-0.4, -0.2) is 53.0 Å². The number of hydrogen-bond donors (Lipinski definition) is 2. The topological polar surface area (TPSA) is 67.6 Å². The van der Waals surface area contributed by atoms with Gasteiger partial charge in [-0.2, -0.15) is 0 Å². The average molecular weight is 185 g/mol. The Hall–Kier alpha value is -1.10. The van der Waals surface area contributed by atoms with Crippen LogP contribution in [0, 0.1) is 5.41 Å². The Morgan fingerprint density at radius 2 is 2.31 bits per heavy atom. The first-order valence-electron chi connectivity index (χ1n) is 4.37. The first-order chi connectivity index (χ1) is 6.07. The van der Waals surface area contributed by atoms with Crippen molar-refractivity contribution in [1.29, 1.82) is 5.41 Å². The molecule has 0 aromatic rings. The van der Waals surface area contributed by atoms with Crippen LogP contribution in [0.2, 0.25) is 0 Å². The van der Waals surface area contributed by atoms with Crippen molar-refractivity contribution in [2.45, 2.75) is 19.4 Å². The maximum atomic E-state index is 11.4. The molecule has 0 radical (unpaired) electrons. The summed E-state index contributed by atoms with van der Waals surface area (Å²) in [4.78, 5) is 14.3. The van der Waals surface area contributed by atoms with Crippen LogP contribution in [0.15, 0.2) is 0 Å². The molecule has 1 atom stereocenters. The van der Waals surface area contributed by atoms with Crippen molar-refractivity contribution in [2.24, 2.45) is 0 Å². The number of hydrogen-bond acceptors (Lipinski definition) is 3. The summed E-state index contributed by atoms with van der Waals surface area (Å²) in [6.07, 6.45) is -0.194. The van der Waals surface area contributed by atoms with E-state index in [-0.39, 0.29) is 18.4 Å². The van der Waals surface area contributed by atoms with Crippen molar-refractivity contribution in [1.82, 2.24) is 9.80 Å². The first kappa shape index (κ1) is 9.98. The Bertz CT molecular complexity index is 209. The summed E-state index contributed by atoms with van der Waals surface area (Å²) in [5.41, 5.74) is 0. The van der Waals surface area contributed by atoms with Gasteiger partial charge in [-0.1, -0.05) is 6.92 Å². The lowest BCUT2D eigenvalue weighted by molar-refractivity contribution is -0.139. The lowest BCUT2D eigenvalue weighted by Gasteiger charge is -2.36. The van der Waals surface area contributed by atoms with Gasteiger partial charge in [0.25, 0.3) is 5.91 Å². The second-order valence-corrected chi connectivity index (χ2v) is 3.21. The Labute approximate surface area is 77.4 Å². The van der Waals surface area contributed by atoms with Gasteiger partial charge in [-0.25, -0.2) is 0 Å². The van der Waals surface area contributed by atoms with Crippen LogP contribution in [0.25, 0.3) is 0 Å². The summed E-state index contributed by atoms with van der Waals surface area (Å²) in [5, 5.41) is 16.9. The van der Waals surface area contributed by atoms with Gasteiger partial charge < -0.3 is 10.0 Å². The van der Waals surface area contributed by atoms with Gasteiger partial charge in [-0.3, -0.25) is 15.1 Å². The molecule has 0 aromatic heterocycles. The van der Waals surface area contributed by atoms with Crippen molar-refractivity contribution in [3.05, 3.63) is 0 Å². The number of amides is 1. The summed E-state index contributed by atoms with van der Waals surface area (Å²) < 4.78 is 0. The van der Waals surface area contributed by atoms with Gasteiger partial charge >= 0.3 is 0 Å². The van der Waals surface area contributed by atoms with Gasteiger partial charge in [0.15, 0.2) is 12.1 Å². The number of guanidine groups is 1. The summed E-state index contributed by atoms with van der Waals surface area (Å²) in [5.74, 6) is -0.179.